The minimum Gasteiger partial charge on any atom is -0.507 e. The van der Waals surface area contributed by atoms with Gasteiger partial charge in [-0.05, 0) is 60.7 Å². The van der Waals surface area contributed by atoms with Crippen molar-refractivity contribution in [2.75, 3.05) is 26.2 Å². The summed E-state index contributed by atoms with van der Waals surface area (Å²) < 4.78 is 0. The fourth-order valence-electron chi connectivity index (χ4n) is 4.85. The molecule has 46 heavy (non-hydrogen) atoms. The van der Waals surface area contributed by atoms with Gasteiger partial charge in [-0.3, -0.25) is 39.7 Å². The van der Waals surface area contributed by atoms with Crippen molar-refractivity contribution in [1.29, 1.82) is 0 Å². The molecule has 10 heteroatoms. The highest BCUT2D eigenvalue weighted by molar-refractivity contribution is 5.90. The Morgan fingerprint density at radius 2 is 0.826 bits per heavy atom. The average molecular weight is 615 g/mol. The summed E-state index contributed by atoms with van der Waals surface area (Å²) >= 11 is 0. The van der Waals surface area contributed by atoms with Gasteiger partial charge in [-0.15, -0.1) is 0 Å². The highest BCUT2D eigenvalue weighted by Gasteiger charge is 2.11. The van der Waals surface area contributed by atoms with E-state index in [-0.39, 0.29) is 11.5 Å². The summed E-state index contributed by atoms with van der Waals surface area (Å²) in [6.45, 7) is 4.98. The van der Waals surface area contributed by atoms with Gasteiger partial charge in [-0.2, -0.15) is 0 Å². The first-order chi connectivity index (χ1) is 22.6. The fourth-order valence-corrected chi connectivity index (χ4v) is 4.85. The number of pyridine rings is 4. The molecule has 0 radical (unpaired) electrons. The molecule has 4 heterocycles. The van der Waals surface area contributed by atoms with Crippen molar-refractivity contribution in [2.24, 2.45) is 9.98 Å². The largest absolute Gasteiger partial charge is 0.507 e. The Morgan fingerprint density at radius 1 is 0.500 bits per heavy atom. The third kappa shape index (κ3) is 10.4. The number of aliphatic imine (C=N–C) groups is 2. The van der Waals surface area contributed by atoms with Gasteiger partial charge in [0.05, 0.1) is 35.9 Å². The second-order valence-corrected chi connectivity index (χ2v) is 10.7. The molecule has 0 unspecified atom stereocenters. The minimum absolute atomic E-state index is 0.0220. The van der Waals surface area contributed by atoms with Crippen LogP contribution in [-0.2, 0) is 26.2 Å². The van der Waals surface area contributed by atoms with Crippen molar-refractivity contribution in [2.45, 2.75) is 26.2 Å². The van der Waals surface area contributed by atoms with Crippen LogP contribution in [0.5, 0.6) is 11.5 Å². The number of hydrogen-bond acceptors (Lipinski definition) is 10. The van der Waals surface area contributed by atoms with Gasteiger partial charge in [0.15, 0.2) is 0 Å². The van der Waals surface area contributed by atoms with Gasteiger partial charge in [0, 0.05) is 87.6 Å². The number of aromatic hydroxyl groups is 2. The van der Waals surface area contributed by atoms with E-state index < -0.39 is 0 Å². The molecule has 4 aromatic heterocycles. The molecule has 0 aliphatic heterocycles. The summed E-state index contributed by atoms with van der Waals surface area (Å²) in [5.41, 5.74) is 4.75. The molecule has 0 amide bonds. The molecule has 0 spiro atoms. The van der Waals surface area contributed by atoms with E-state index in [1.54, 1.807) is 37.2 Å². The van der Waals surface area contributed by atoms with Crippen LogP contribution >= 0.6 is 0 Å². The molecule has 0 aliphatic carbocycles. The maximum Gasteiger partial charge on any atom is 0.125 e. The topological polar surface area (TPSA) is 123 Å². The average Bonchev–Trinajstić information content (AvgIpc) is 3.08. The molecule has 0 aliphatic rings. The molecule has 0 saturated carbocycles. The molecule has 1 aromatic carbocycles. The van der Waals surface area contributed by atoms with Crippen LogP contribution < -0.4 is 0 Å². The van der Waals surface area contributed by atoms with Crippen molar-refractivity contribution >= 4 is 12.4 Å². The van der Waals surface area contributed by atoms with Gasteiger partial charge in [0.2, 0.25) is 0 Å². The SMILES string of the molecule is Oc1cc(C=NCCN(Cc2ccccn2)Cc2ccccn2)c(O)cc1C=NCCN(Cc1ccccn1)Cc1ccccn1. The van der Waals surface area contributed by atoms with E-state index in [0.717, 1.165) is 22.8 Å². The Hall–Kier alpha value is -5.32. The quantitative estimate of drug-likeness (QED) is 0.119. The van der Waals surface area contributed by atoms with Crippen LogP contribution in [0.4, 0.5) is 0 Å². The Labute approximate surface area is 269 Å². The summed E-state index contributed by atoms with van der Waals surface area (Å²) in [7, 11) is 0. The number of phenols is 2. The van der Waals surface area contributed by atoms with Crippen molar-refractivity contribution in [1.82, 2.24) is 29.7 Å². The van der Waals surface area contributed by atoms with E-state index in [4.69, 9.17) is 0 Å². The zero-order chi connectivity index (χ0) is 31.8. The first-order valence-corrected chi connectivity index (χ1v) is 15.2. The molecule has 5 aromatic rings. The van der Waals surface area contributed by atoms with Crippen LogP contribution in [0.25, 0.3) is 0 Å². The van der Waals surface area contributed by atoms with Crippen molar-refractivity contribution in [3.8, 4) is 11.5 Å². The van der Waals surface area contributed by atoms with Crippen LogP contribution in [0.1, 0.15) is 33.9 Å². The lowest BCUT2D eigenvalue weighted by Crippen LogP contribution is -2.26. The molecule has 0 bridgehead atoms. The summed E-state index contributed by atoms with van der Waals surface area (Å²) in [5, 5.41) is 21.3. The van der Waals surface area contributed by atoms with Gasteiger partial charge < -0.3 is 10.2 Å². The van der Waals surface area contributed by atoms with E-state index >= 15 is 0 Å². The summed E-state index contributed by atoms with van der Waals surface area (Å²) in [6, 6.07) is 26.5. The Morgan fingerprint density at radius 3 is 1.11 bits per heavy atom. The Kier molecular flexibility index (Phi) is 12.0. The van der Waals surface area contributed by atoms with Crippen LogP contribution in [0.3, 0.4) is 0 Å². The zero-order valence-corrected chi connectivity index (χ0v) is 25.7. The maximum atomic E-state index is 10.7. The lowest BCUT2D eigenvalue weighted by atomic mass is 10.1. The second-order valence-electron chi connectivity index (χ2n) is 10.7. The first kappa shape index (κ1) is 32.1. The predicted molar refractivity (Wildman–Crippen MR) is 180 cm³/mol. The smallest absolute Gasteiger partial charge is 0.125 e. The van der Waals surface area contributed by atoms with Gasteiger partial charge in [-0.25, -0.2) is 0 Å². The third-order valence-electron chi connectivity index (χ3n) is 7.17. The molecule has 0 atom stereocenters. The number of hydrogen-bond donors (Lipinski definition) is 2. The predicted octanol–water partition coefficient (Wildman–Crippen LogP) is 4.92. The van der Waals surface area contributed by atoms with E-state index in [9.17, 15) is 10.2 Å². The fraction of sp³-hybridized carbons (Fsp3) is 0.222. The standard InChI is InChI=1S/C36H38N8O2/c45-35-22-30(24-38-18-20-44(27-33-11-3-7-15-41-33)28-34-12-4-8-16-42-34)36(46)21-29(35)23-37-17-19-43(25-31-9-1-5-13-39-31)26-32-10-2-6-14-40-32/h1-16,21-24,45-46H,17-20,25-28H2. The molecule has 5 rings (SSSR count). The summed E-state index contributed by atoms with van der Waals surface area (Å²) in [6.07, 6.45) is 10.3. The van der Waals surface area contributed by atoms with Crippen LogP contribution in [0.2, 0.25) is 0 Å². The maximum absolute atomic E-state index is 10.7. The van der Waals surface area contributed by atoms with Gasteiger partial charge >= 0.3 is 0 Å². The van der Waals surface area contributed by atoms with Crippen molar-refractivity contribution in [3.63, 3.8) is 0 Å². The monoisotopic (exact) mass is 614 g/mol. The zero-order valence-electron chi connectivity index (χ0n) is 25.7. The van der Waals surface area contributed by atoms with E-state index in [2.05, 4.69) is 39.7 Å². The van der Waals surface area contributed by atoms with E-state index in [1.165, 1.54) is 12.1 Å². The van der Waals surface area contributed by atoms with Gasteiger partial charge in [0.1, 0.15) is 11.5 Å². The van der Waals surface area contributed by atoms with Gasteiger partial charge in [-0.1, -0.05) is 24.3 Å². The highest BCUT2D eigenvalue weighted by Crippen LogP contribution is 2.25. The molecular weight excluding hydrogens is 576 g/mol. The van der Waals surface area contributed by atoms with E-state index in [1.807, 2.05) is 72.8 Å². The highest BCUT2D eigenvalue weighted by atomic mass is 16.3. The Bertz CT molecular complexity index is 1460. The van der Waals surface area contributed by atoms with E-state index in [0.29, 0.717) is 63.5 Å². The van der Waals surface area contributed by atoms with Crippen LogP contribution in [0.15, 0.2) is 120 Å². The van der Waals surface area contributed by atoms with Crippen LogP contribution in [-0.4, -0.2) is 78.6 Å². The third-order valence-corrected chi connectivity index (χ3v) is 7.17. The summed E-state index contributed by atoms with van der Waals surface area (Å²) in [4.78, 5) is 31.3. The van der Waals surface area contributed by atoms with Gasteiger partial charge in [0.25, 0.3) is 0 Å². The molecule has 0 saturated heterocycles. The number of benzene rings is 1. The molecule has 0 fully saturated rings. The minimum atomic E-state index is 0.0220. The molecule has 10 nitrogen and oxygen atoms in total. The lowest BCUT2D eigenvalue weighted by molar-refractivity contribution is 0.258. The second kappa shape index (κ2) is 17.2. The molecule has 234 valence electrons. The number of nitrogens with zero attached hydrogens (tertiary/aromatic N) is 8. The normalized spacial score (nSPS) is 11.7. The Balaban J connectivity index is 1.16. The van der Waals surface area contributed by atoms with Crippen molar-refractivity contribution in [3.05, 3.63) is 144 Å². The van der Waals surface area contributed by atoms with Crippen LogP contribution in [0, 0.1) is 0 Å². The molecular formula is C36H38N8O2. The number of rotatable bonds is 16. The number of aromatic nitrogens is 4. The molecule has 2 N–H and O–H groups in total. The first-order valence-electron chi connectivity index (χ1n) is 15.2. The lowest BCUT2D eigenvalue weighted by Gasteiger charge is -2.20. The van der Waals surface area contributed by atoms with Crippen molar-refractivity contribution < 1.29 is 10.2 Å². The summed E-state index contributed by atoms with van der Waals surface area (Å²) in [5.74, 6) is 0.0440. The number of phenolic OH excluding ortho intramolecular Hbond substituents is 2.